The number of nitrogens with zero attached hydrogens (tertiary/aromatic N) is 2. The summed E-state index contributed by atoms with van der Waals surface area (Å²) in [6.07, 6.45) is -0.118. The van der Waals surface area contributed by atoms with Crippen molar-refractivity contribution in [3.05, 3.63) is 76.7 Å². The van der Waals surface area contributed by atoms with E-state index in [1.165, 1.54) is 10.6 Å². The average Bonchev–Trinajstić information content (AvgIpc) is 2.52. The fourth-order valence-electron chi connectivity index (χ4n) is 1.97. The highest BCUT2D eigenvalue weighted by Crippen LogP contribution is 2.08. The van der Waals surface area contributed by atoms with Crippen LogP contribution in [0.2, 0.25) is 0 Å². The van der Waals surface area contributed by atoms with E-state index in [-0.39, 0.29) is 6.17 Å². The molecule has 0 aliphatic heterocycles. The standard InChI is InChI=1S/C16H19N3O/c1-14(17-12-15-8-4-2-5-9-15)19(18-20)13-16-10-6-3-7-11-16/h2-11,14,17H,12-13H2,1H3. The van der Waals surface area contributed by atoms with Crippen molar-refractivity contribution < 1.29 is 0 Å². The molecule has 0 fully saturated rings. The Balaban J connectivity index is 1.89. The van der Waals surface area contributed by atoms with Crippen LogP contribution in [0.3, 0.4) is 0 Å². The second-order valence-electron chi connectivity index (χ2n) is 4.71. The zero-order valence-electron chi connectivity index (χ0n) is 11.6. The van der Waals surface area contributed by atoms with E-state index in [0.717, 1.165) is 5.56 Å². The highest BCUT2D eigenvalue weighted by Gasteiger charge is 2.12. The predicted molar refractivity (Wildman–Crippen MR) is 80.5 cm³/mol. The Morgan fingerprint density at radius 1 is 1.00 bits per heavy atom. The maximum atomic E-state index is 11.0. The van der Waals surface area contributed by atoms with Gasteiger partial charge in [0, 0.05) is 6.54 Å². The van der Waals surface area contributed by atoms with Crippen molar-refractivity contribution in [1.82, 2.24) is 10.3 Å². The average molecular weight is 269 g/mol. The molecule has 2 aromatic carbocycles. The van der Waals surface area contributed by atoms with Gasteiger partial charge in [0.2, 0.25) is 0 Å². The van der Waals surface area contributed by atoms with Crippen LogP contribution in [0.4, 0.5) is 0 Å². The topological polar surface area (TPSA) is 44.7 Å². The Kier molecular flexibility index (Phi) is 5.26. The second kappa shape index (κ2) is 7.40. The molecule has 104 valence electrons. The zero-order chi connectivity index (χ0) is 14.2. The molecule has 0 radical (unpaired) electrons. The minimum Gasteiger partial charge on any atom is -0.292 e. The quantitative estimate of drug-likeness (QED) is 0.476. The number of hydrogen-bond donors (Lipinski definition) is 1. The summed E-state index contributed by atoms with van der Waals surface area (Å²) in [6, 6.07) is 19.9. The van der Waals surface area contributed by atoms with E-state index in [2.05, 4.69) is 22.7 Å². The molecule has 2 aromatic rings. The van der Waals surface area contributed by atoms with Crippen LogP contribution in [0.1, 0.15) is 18.1 Å². The molecule has 4 heteroatoms. The van der Waals surface area contributed by atoms with Gasteiger partial charge in [-0.3, -0.25) is 5.32 Å². The van der Waals surface area contributed by atoms with Gasteiger partial charge < -0.3 is 0 Å². The van der Waals surface area contributed by atoms with Crippen LogP contribution in [0.25, 0.3) is 0 Å². The number of rotatable bonds is 7. The van der Waals surface area contributed by atoms with Gasteiger partial charge in [0.25, 0.3) is 0 Å². The van der Waals surface area contributed by atoms with E-state index in [0.29, 0.717) is 13.1 Å². The van der Waals surface area contributed by atoms with Crippen LogP contribution in [0.15, 0.2) is 65.9 Å². The number of hydrogen-bond acceptors (Lipinski definition) is 3. The van der Waals surface area contributed by atoms with Crippen molar-refractivity contribution in [2.24, 2.45) is 5.29 Å². The fraction of sp³-hybridized carbons (Fsp3) is 0.250. The van der Waals surface area contributed by atoms with Gasteiger partial charge in [-0.15, -0.1) is 4.91 Å². The molecule has 20 heavy (non-hydrogen) atoms. The van der Waals surface area contributed by atoms with Crippen LogP contribution in [-0.2, 0) is 13.1 Å². The van der Waals surface area contributed by atoms with Crippen LogP contribution in [0, 0.1) is 4.91 Å². The largest absolute Gasteiger partial charge is 0.292 e. The van der Waals surface area contributed by atoms with Gasteiger partial charge in [0.15, 0.2) is 0 Å². The molecule has 0 aliphatic carbocycles. The lowest BCUT2D eigenvalue weighted by Crippen LogP contribution is -2.39. The summed E-state index contributed by atoms with van der Waals surface area (Å²) in [6.45, 7) is 3.16. The molecule has 0 amide bonds. The number of nitrogens with one attached hydrogen (secondary N) is 1. The van der Waals surface area contributed by atoms with Gasteiger partial charge in [-0.2, -0.15) is 0 Å². The van der Waals surface area contributed by atoms with E-state index < -0.39 is 0 Å². The molecule has 1 N–H and O–H groups in total. The van der Waals surface area contributed by atoms with Gasteiger partial charge >= 0.3 is 0 Å². The predicted octanol–water partition coefficient (Wildman–Crippen LogP) is 3.31. The monoisotopic (exact) mass is 269 g/mol. The van der Waals surface area contributed by atoms with Gasteiger partial charge in [-0.05, 0) is 18.1 Å². The van der Waals surface area contributed by atoms with Crippen molar-refractivity contribution >= 4 is 0 Å². The third-order valence-electron chi connectivity index (χ3n) is 3.18. The Hall–Kier alpha value is -2.20. The summed E-state index contributed by atoms with van der Waals surface area (Å²) >= 11 is 0. The van der Waals surface area contributed by atoms with E-state index >= 15 is 0 Å². The fourth-order valence-corrected chi connectivity index (χ4v) is 1.97. The molecule has 0 aromatic heterocycles. The lowest BCUT2D eigenvalue weighted by molar-refractivity contribution is 0.172. The Labute approximate surface area is 119 Å². The van der Waals surface area contributed by atoms with Crippen molar-refractivity contribution in [3.8, 4) is 0 Å². The van der Waals surface area contributed by atoms with Crippen LogP contribution >= 0.6 is 0 Å². The zero-order valence-corrected chi connectivity index (χ0v) is 11.6. The summed E-state index contributed by atoms with van der Waals surface area (Å²) in [5.74, 6) is 0. The van der Waals surface area contributed by atoms with E-state index in [1.807, 2.05) is 55.5 Å². The molecule has 1 atom stereocenters. The molecular weight excluding hydrogens is 250 g/mol. The first-order chi connectivity index (χ1) is 9.79. The van der Waals surface area contributed by atoms with Gasteiger partial charge in [0.05, 0.1) is 18.0 Å². The SMILES string of the molecule is CC(NCc1ccccc1)N(Cc1ccccc1)N=O. The number of benzene rings is 2. The summed E-state index contributed by atoms with van der Waals surface area (Å²) in [5, 5.41) is 7.93. The molecule has 0 spiro atoms. The smallest absolute Gasteiger partial charge is 0.0974 e. The first-order valence-electron chi connectivity index (χ1n) is 6.71. The first-order valence-corrected chi connectivity index (χ1v) is 6.71. The molecule has 0 saturated carbocycles. The van der Waals surface area contributed by atoms with Crippen LogP contribution in [-0.4, -0.2) is 11.2 Å². The van der Waals surface area contributed by atoms with Gasteiger partial charge in [0.1, 0.15) is 0 Å². The number of nitroso groups, excluding NO2 is 1. The Morgan fingerprint density at radius 3 is 2.10 bits per heavy atom. The third-order valence-corrected chi connectivity index (χ3v) is 3.18. The molecule has 0 bridgehead atoms. The molecule has 0 aliphatic rings. The highest BCUT2D eigenvalue weighted by atomic mass is 16.3. The van der Waals surface area contributed by atoms with Gasteiger partial charge in [-0.25, -0.2) is 5.01 Å². The first kappa shape index (κ1) is 14.2. The van der Waals surface area contributed by atoms with Gasteiger partial charge in [-0.1, -0.05) is 60.7 Å². The maximum absolute atomic E-state index is 11.0. The minimum absolute atomic E-state index is 0.118. The molecule has 4 nitrogen and oxygen atoms in total. The van der Waals surface area contributed by atoms with Crippen LogP contribution in [0.5, 0.6) is 0 Å². The summed E-state index contributed by atoms with van der Waals surface area (Å²) in [4.78, 5) is 11.0. The normalized spacial score (nSPS) is 11.8. The van der Waals surface area contributed by atoms with Crippen LogP contribution < -0.4 is 5.32 Å². The minimum atomic E-state index is -0.118. The van der Waals surface area contributed by atoms with E-state index in [9.17, 15) is 4.91 Å². The molecule has 2 rings (SSSR count). The molecule has 0 heterocycles. The highest BCUT2D eigenvalue weighted by molar-refractivity contribution is 5.15. The second-order valence-corrected chi connectivity index (χ2v) is 4.71. The summed E-state index contributed by atoms with van der Waals surface area (Å²) in [7, 11) is 0. The summed E-state index contributed by atoms with van der Waals surface area (Å²) in [5.41, 5.74) is 2.25. The molecule has 1 unspecified atom stereocenters. The Bertz CT molecular complexity index is 516. The maximum Gasteiger partial charge on any atom is 0.0974 e. The van der Waals surface area contributed by atoms with E-state index in [1.54, 1.807) is 0 Å². The van der Waals surface area contributed by atoms with E-state index in [4.69, 9.17) is 0 Å². The summed E-state index contributed by atoms with van der Waals surface area (Å²) < 4.78 is 0. The van der Waals surface area contributed by atoms with Crippen molar-refractivity contribution in [1.29, 1.82) is 0 Å². The van der Waals surface area contributed by atoms with Crippen molar-refractivity contribution in [2.45, 2.75) is 26.2 Å². The van der Waals surface area contributed by atoms with Crippen molar-refractivity contribution in [2.75, 3.05) is 0 Å². The lowest BCUT2D eigenvalue weighted by Gasteiger charge is -2.24. The lowest BCUT2D eigenvalue weighted by atomic mass is 10.2. The molecular formula is C16H19N3O. The van der Waals surface area contributed by atoms with Crippen molar-refractivity contribution in [3.63, 3.8) is 0 Å². The third kappa shape index (κ3) is 4.17. The molecule has 0 saturated heterocycles. The Morgan fingerprint density at radius 2 is 1.55 bits per heavy atom.